The lowest BCUT2D eigenvalue weighted by molar-refractivity contribution is 0.0209. The molecule has 0 aliphatic carbocycles. The molecule has 6 nitrogen and oxygen atoms in total. The first-order valence-electron chi connectivity index (χ1n) is 11.1. The quantitative estimate of drug-likeness (QED) is 0.571. The molecule has 1 fully saturated rings. The third-order valence-corrected chi connectivity index (χ3v) is 5.77. The Morgan fingerprint density at radius 2 is 2.00 bits per heavy atom. The fraction of sp³-hybridized carbons (Fsp3) is 0.440. The molecule has 7 heteroatoms. The molecule has 0 N–H and O–H groups in total. The number of piperidine rings is 1. The van der Waals surface area contributed by atoms with Crippen molar-refractivity contribution in [3.63, 3.8) is 0 Å². The average molecular weight is 439 g/mol. The lowest BCUT2D eigenvalue weighted by atomic mass is 10.1. The van der Waals surface area contributed by atoms with Crippen molar-refractivity contribution in [1.29, 1.82) is 0 Å². The van der Waals surface area contributed by atoms with E-state index >= 15 is 0 Å². The van der Waals surface area contributed by atoms with Crippen molar-refractivity contribution >= 4 is 23.1 Å². The van der Waals surface area contributed by atoms with Crippen LogP contribution in [-0.2, 0) is 11.3 Å². The minimum absolute atomic E-state index is 0.0287. The van der Waals surface area contributed by atoms with E-state index in [1.54, 1.807) is 24.1 Å². The van der Waals surface area contributed by atoms with Crippen molar-refractivity contribution in [3.8, 4) is 0 Å². The maximum absolute atomic E-state index is 13.8. The van der Waals surface area contributed by atoms with Gasteiger partial charge in [0.05, 0.1) is 23.6 Å². The second-order valence-electron chi connectivity index (χ2n) is 9.45. The lowest BCUT2D eigenvalue weighted by Gasteiger charge is -2.38. The molecule has 0 unspecified atom stereocenters. The summed E-state index contributed by atoms with van der Waals surface area (Å²) < 4.78 is 21.5. The fourth-order valence-electron chi connectivity index (χ4n) is 4.21. The van der Waals surface area contributed by atoms with Gasteiger partial charge in [0, 0.05) is 20.1 Å². The maximum atomic E-state index is 13.8. The first-order valence-corrected chi connectivity index (χ1v) is 11.1. The van der Waals surface area contributed by atoms with Crippen LogP contribution >= 0.6 is 0 Å². The number of ether oxygens (including phenoxy) is 1. The number of amides is 1. The Hall–Kier alpha value is -3.09. The van der Waals surface area contributed by atoms with Gasteiger partial charge in [0.2, 0.25) is 5.95 Å². The second-order valence-corrected chi connectivity index (χ2v) is 9.45. The van der Waals surface area contributed by atoms with E-state index in [9.17, 15) is 9.18 Å². The standard InChI is InChI=1S/C25H31FN4O2/c1-25(2,3)32-24(31)28(4)20-11-8-14-29(17-20)23-27-21-12-5-6-13-22(21)30(23)16-18-9-7-10-19(26)15-18/h5-7,9-10,12-13,15,20H,8,11,14,16-17H2,1-4H3/t20-/m0/s1. The van der Waals surface area contributed by atoms with Crippen molar-refractivity contribution in [2.45, 2.75) is 51.8 Å². The summed E-state index contributed by atoms with van der Waals surface area (Å²) in [5, 5.41) is 0. The lowest BCUT2D eigenvalue weighted by Crippen LogP contribution is -2.50. The molecule has 170 valence electrons. The zero-order valence-corrected chi connectivity index (χ0v) is 19.2. The first-order chi connectivity index (χ1) is 15.2. The molecule has 2 heterocycles. The molecular weight excluding hydrogens is 407 g/mol. The number of imidazole rings is 1. The van der Waals surface area contributed by atoms with Crippen LogP contribution in [0, 0.1) is 5.82 Å². The number of nitrogens with zero attached hydrogens (tertiary/aromatic N) is 4. The molecular formula is C25H31FN4O2. The maximum Gasteiger partial charge on any atom is 0.410 e. The molecule has 0 bridgehead atoms. The fourth-order valence-corrected chi connectivity index (χ4v) is 4.21. The highest BCUT2D eigenvalue weighted by molar-refractivity contribution is 5.79. The third kappa shape index (κ3) is 4.87. The number of aromatic nitrogens is 2. The molecule has 1 atom stereocenters. The molecule has 32 heavy (non-hydrogen) atoms. The number of benzene rings is 2. The molecule has 1 aliphatic heterocycles. The summed E-state index contributed by atoms with van der Waals surface area (Å²) in [7, 11) is 1.80. The summed E-state index contributed by atoms with van der Waals surface area (Å²) in [6.07, 6.45) is 1.55. The number of rotatable bonds is 4. The average Bonchev–Trinajstić information content (AvgIpc) is 3.10. The van der Waals surface area contributed by atoms with Crippen LogP contribution < -0.4 is 4.90 Å². The van der Waals surface area contributed by atoms with Crippen molar-refractivity contribution in [2.24, 2.45) is 0 Å². The zero-order chi connectivity index (χ0) is 22.9. The van der Waals surface area contributed by atoms with Crippen LogP contribution in [-0.4, -0.2) is 52.3 Å². The molecule has 0 spiro atoms. The van der Waals surface area contributed by atoms with Crippen molar-refractivity contribution in [3.05, 3.63) is 59.9 Å². The summed E-state index contributed by atoms with van der Waals surface area (Å²) in [6.45, 7) is 7.67. The number of hydrogen-bond acceptors (Lipinski definition) is 4. The van der Waals surface area contributed by atoms with Gasteiger partial charge in [-0.2, -0.15) is 0 Å². The number of halogens is 1. The Balaban J connectivity index is 1.62. The molecule has 0 saturated carbocycles. The minimum atomic E-state index is -0.529. The summed E-state index contributed by atoms with van der Waals surface area (Å²) in [6, 6.07) is 14.7. The van der Waals surface area contributed by atoms with Gasteiger partial charge in [0.15, 0.2) is 0 Å². The molecule has 2 aromatic carbocycles. The molecule has 0 radical (unpaired) electrons. The second kappa shape index (κ2) is 8.81. The largest absolute Gasteiger partial charge is 0.444 e. The van der Waals surface area contributed by atoms with Crippen LogP contribution in [0.3, 0.4) is 0 Å². The van der Waals surface area contributed by atoms with E-state index < -0.39 is 5.60 Å². The third-order valence-electron chi connectivity index (χ3n) is 5.77. The summed E-state index contributed by atoms with van der Waals surface area (Å²) in [4.78, 5) is 21.5. The van der Waals surface area contributed by atoms with Crippen LogP contribution in [0.5, 0.6) is 0 Å². The molecule has 1 aliphatic rings. The first kappa shape index (κ1) is 22.1. The number of hydrogen-bond donors (Lipinski definition) is 0. The van der Waals surface area contributed by atoms with Gasteiger partial charge >= 0.3 is 6.09 Å². The number of para-hydroxylation sites is 2. The minimum Gasteiger partial charge on any atom is -0.444 e. The van der Waals surface area contributed by atoms with E-state index in [-0.39, 0.29) is 18.0 Å². The van der Waals surface area contributed by atoms with Gasteiger partial charge in [0.25, 0.3) is 0 Å². The van der Waals surface area contributed by atoms with E-state index in [0.717, 1.165) is 41.9 Å². The Morgan fingerprint density at radius 1 is 1.22 bits per heavy atom. The highest BCUT2D eigenvalue weighted by atomic mass is 19.1. The van der Waals surface area contributed by atoms with Gasteiger partial charge in [-0.05, 0) is 63.4 Å². The predicted octanol–water partition coefficient (Wildman–Crippen LogP) is 5.06. The predicted molar refractivity (Wildman–Crippen MR) is 124 cm³/mol. The summed E-state index contributed by atoms with van der Waals surface area (Å²) in [5.41, 5.74) is 2.27. The Labute approximate surface area is 188 Å². The van der Waals surface area contributed by atoms with E-state index in [0.29, 0.717) is 13.1 Å². The van der Waals surface area contributed by atoms with Crippen LogP contribution in [0.1, 0.15) is 39.2 Å². The monoisotopic (exact) mass is 438 g/mol. The van der Waals surface area contributed by atoms with Crippen LogP contribution in [0.25, 0.3) is 11.0 Å². The number of carbonyl (C=O) groups is 1. The summed E-state index contributed by atoms with van der Waals surface area (Å²) in [5.74, 6) is 0.600. The van der Waals surface area contributed by atoms with E-state index in [4.69, 9.17) is 9.72 Å². The SMILES string of the molecule is CN(C(=O)OC(C)(C)C)[C@H]1CCCN(c2nc3ccccc3n2Cc2cccc(F)c2)C1. The number of fused-ring (bicyclic) bond motifs is 1. The number of likely N-dealkylation sites (N-methyl/N-ethyl adjacent to an activating group) is 1. The molecule has 1 amide bonds. The van der Waals surface area contributed by atoms with Gasteiger partial charge in [-0.25, -0.2) is 14.2 Å². The van der Waals surface area contributed by atoms with Gasteiger partial charge in [-0.1, -0.05) is 24.3 Å². The molecule has 1 aromatic heterocycles. The van der Waals surface area contributed by atoms with Crippen LogP contribution in [0.4, 0.5) is 15.1 Å². The van der Waals surface area contributed by atoms with Crippen molar-refractivity contribution in [2.75, 3.05) is 25.0 Å². The molecule has 1 saturated heterocycles. The van der Waals surface area contributed by atoms with Gasteiger partial charge in [0.1, 0.15) is 11.4 Å². The highest BCUT2D eigenvalue weighted by Gasteiger charge is 2.31. The van der Waals surface area contributed by atoms with E-state index in [1.165, 1.54) is 6.07 Å². The van der Waals surface area contributed by atoms with Crippen LogP contribution in [0.2, 0.25) is 0 Å². The van der Waals surface area contributed by atoms with Crippen molar-refractivity contribution < 1.29 is 13.9 Å². The normalized spacial score (nSPS) is 16.9. The molecule has 3 aromatic rings. The zero-order valence-electron chi connectivity index (χ0n) is 19.2. The molecule has 4 rings (SSSR count). The van der Waals surface area contributed by atoms with Gasteiger partial charge in [-0.3, -0.25) is 0 Å². The smallest absolute Gasteiger partial charge is 0.410 e. The number of anilines is 1. The Bertz CT molecular complexity index is 1100. The van der Waals surface area contributed by atoms with Gasteiger partial charge < -0.3 is 19.1 Å². The van der Waals surface area contributed by atoms with E-state index in [2.05, 4.69) is 9.47 Å². The highest BCUT2D eigenvalue weighted by Crippen LogP contribution is 2.28. The summed E-state index contributed by atoms with van der Waals surface area (Å²) >= 11 is 0. The number of carbonyl (C=O) groups excluding carboxylic acids is 1. The Morgan fingerprint density at radius 3 is 2.75 bits per heavy atom. The van der Waals surface area contributed by atoms with E-state index in [1.807, 2.05) is 51.1 Å². The van der Waals surface area contributed by atoms with Crippen molar-refractivity contribution in [1.82, 2.24) is 14.5 Å². The Kier molecular flexibility index (Phi) is 6.09. The van der Waals surface area contributed by atoms with Gasteiger partial charge in [-0.15, -0.1) is 0 Å². The van der Waals surface area contributed by atoms with Crippen LogP contribution in [0.15, 0.2) is 48.5 Å². The topological polar surface area (TPSA) is 50.6 Å².